The second-order valence-corrected chi connectivity index (χ2v) is 11.3. The molecule has 1 atom stereocenters. The Balaban J connectivity index is 1.59. The third-order valence-electron chi connectivity index (χ3n) is 5.30. The van der Waals surface area contributed by atoms with Crippen LogP contribution in [0.1, 0.15) is 33.8 Å². The molecule has 0 saturated carbocycles. The molecule has 1 N–H and O–H groups in total. The van der Waals surface area contributed by atoms with E-state index < -0.39 is 10.0 Å². The second kappa shape index (κ2) is 9.55. The first kappa shape index (κ1) is 23.3. The van der Waals surface area contributed by atoms with Gasteiger partial charge in [0.2, 0.25) is 10.0 Å². The first-order valence-electron chi connectivity index (χ1n) is 10.3. The van der Waals surface area contributed by atoms with Crippen molar-refractivity contribution < 1.29 is 13.2 Å². The van der Waals surface area contributed by atoms with E-state index in [9.17, 15) is 13.2 Å². The number of anilines is 1. The maximum Gasteiger partial charge on any atom is 0.261 e. The Morgan fingerprint density at radius 3 is 2.39 bits per heavy atom. The van der Waals surface area contributed by atoms with Crippen molar-refractivity contribution in [2.75, 3.05) is 10.6 Å². The molecule has 4 aromatic rings. The summed E-state index contributed by atoms with van der Waals surface area (Å²) in [5.41, 5.74) is 2.40. The number of nitrogens with one attached hydrogen (secondary N) is 1. The van der Waals surface area contributed by atoms with Crippen LogP contribution in [0.5, 0.6) is 0 Å². The second-order valence-electron chi connectivity index (χ2n) is 7.83. The van der Waals surface area contributed by atoms with Gasteiger partial charge in [0, 0.05) is 9.72 Å². The molecule has 0 fully saturated rings. The Kier molecular flexibility index (Phi) is 6.74. The first-order chi connectivity index (χ1) is 15.7. The molecule has 4 rings (SSSR count). The molecular formula is C25H23ClN2O3S2. The third-order valence-corrected chi connectivity index (χ3v) is 7.81. The standard InChI is InChI=1S/C25H23ClN2O3S2/c1-17(19-6-4-3-5-7-19)27-25(29)24-15-20-14-22(12-13-23(20)32-24)28(33(2,30)31)16-18-8-10-21(26)11-9-18/h3-15,17H,16H2,1-2H3,(H,27,29)/t17-/m1/s1. The predicted molar refractivity (Wildman–Crippen MR) is 137 cm³/mol. The average Bonchev–Trinajstić information content (AvgIpc) is 3.22. The zero-order valence-electron chi connectivity index (χ0n) is 18.2. The normalized spacial score (nSPS) is 12.5. The number of halogens is 1. The summed E-state index contributed by atoms with van der Waals surface area (Å²) in [5.74, 6) is -0.157. The molecule has 0 radical (unpaired) electrons. The van der Waals surface area contributed by atoms with Crippen molar-refractivity contribution in [1.82, 2.24) is 5.32 Å². The fourth-order valence-corrected chi connectivity index (χ4v) is 5.50. The summed E-state index contributed by atoms with van der Waals surface area (Å²) in [6, 6.07) is 24.0. The fourth-order valence-electron chi connectivity index (χ4n) is 3.55. The van der Waals surface area contributed by atoms with Crippen molar-refractivity contribution in [3.8, 4) is 0 Å². The molecule has 1 aromatic heterocycles. The van der Waals surface area contributed by atoms with Crippen LogP contribution in [0.3, 0.4) is 0 Å². The van der Waals surface area contributed by atoms with Gasteiger partial charge in [-0.3, -0.25) is 9.10 Å². The van der Waals surface area contributed by atoms with E-state index >= 15 is 0 Å². The van der Waals surface area contributed by atoms with Crippen molar-refractivity contribution in [3.05, 3.63) is 99.9 Å². The SMILES string of the molecule is C[C@@H](NC(=O)c1cc2cc(N(Cc3ccc(Cl)cc3)S(C)(=O)=O)ccc2s1)c1ccccc1. The van der Waals surface area contributed by atoms with Crippen molar-refractivity contribution >= 4 is 54.6 Å². The molecule has 0 aliphatic rings. The van der Waals surface area contributed by atoms with E-state index in [1.807, 2.05) is 43.3 Å². The van der Waals surface area contributed by atoms with Crippen LogP contribution < -0.4 is 9.62 Å². The molecular weight excluding hydrogens is 476 g/mol. The molecule has 0 aliphatic heterocycles. The summed E-state index contributed by atoms with van der Waals surface area (Å²) in [5, 5.41) is 4.44. The molecule has 8 heteroatoms. The Bertz CT molecular complexity index is 1380. The molecule has 3 aromatic carbocycles. The van der Waals surface area contributed by atoms with E-state index in [-0.39, 0.29) is 18.5 Å². The Labute approximate surface area is 202 Å². The Morgan fingerprint density at radius 1 is 1.03 bits per heavy atom. The summed E-state index contributed by atoms with van der Waals surface area (Å²) < 4.78 is 27.4. The van der Waals surface area contributed by atoms with Crippen molar-refractivity contribution in [3.63, 3.8) is 0 Å². The lowest BCUT2D eigenvalue weighted by molar-refractivity contribution is 0.0944. The number of hydrogen-bond donors (Lipinski definition) is 1. The van der Waals surface area contributed by atoms with Crippen LogP contribution in [0, 0.1) is 0 Å². The highest BCUT2D eigenvalue weighted by atomic mass is 35.5. The molecule has 0 bridgehead atoms. The van der Waals surface area contributed by atoms with Crippen molar-refractivity contribution in [2.45, 2.75) is 19.5 Å². The quantitative estimate of drug-likeness (QED) is 0.339. The predicted octanol–water partition coefficient (Wildman–Crippen LogP) is 6.01. The van der Waals surface area contributed by atoms with Crippen LogP contribution in [-0.4, -0.2) is 20.6 Å². The number of hydrogen-bond acceptors (Lipinski definition) is 4. The van der Waals surface area contributed by atoms with Gasteiger partial charge in [0.15, 0.2) is 0 Å². The zero-order chi connectivity index (χ0) is 23.6. The summed E-state index contributed by atoms with van der Waals surface area (Å²) in [4.78, 5) is 13.4. The Morgan fingerprint density at radius 2 is 1.73 bits per heavy atom. The number of amides is 1. The lowest BCUT2D eigenvalue weighted by Crippen LogP contribution is -2.29. The van der Waals surface area contributed by atoms with Gasteiger partial charge in [0.25, 0.3) is 5.91 Å². The van der Waals surface area contributed by atoms with Crippen molar-refractivity contribution in [2.24, 2.45) is 0 Å². The van der Waals surface area contributed by atoms with E-state index in [0.717, 1.165) is 21.2 Å². The highest BCUT2D eigenvalue weighted by molar-refractivity contribution is 7.92. The van der Waals surface area contributed by atoms with E-state index in [1.54, 1.807) is 42.5 Å². The number of carbonyl (C=O) groups excluding carboxylic acids is 1. The number of sulfonamides is 1. The number of fused-ring (bicyclic) bond motifs is 1. The molecule has 170 valence electrons. The minimum atomic E-state index is -3.53. The van der Waals surface area contributed by atoms with Gasteiger partial charge >= 0.3 is 0 Å². The topological polar surface area (TPSA) is 66.5 Å². The largest absolute Gasteiger partial charge is 0.345 e. The highest BCUT2D eigenvalue weighted by Crippen LogP contribution is 2.31. The molecule has 1 amide bonds. The highest BCUT2D eigenvalue weighted by Gasteiger charge is 2.20. The van der Waals surface area contributed by atoms with E-state index in [4.69, 9.17) is 11.6 Å². The molecule has 0 unspecified atom stereocenters. The van der Waals surface area contributed by atoms with Crippen LogP contribution in [0.4, 0.5) is 5.69 Å². The lowest BCUT2D eigenvalue weighted by atomic mass is 10.1. The number of carbonyl (C=O) groups is 1. The number of nitrogens with zero attached hydrogens (tertiary/aromatic N) is 1. The summed E-state index contributed by atoms with van der Waals surface area (Å²) >= 11 is 7.33. The molecule has 5 nitrogen and oxygen atoms in total. The molecule has 33 heavy (non-hydrogen) atoms. The average molecular weight is 499 g/mol. The van der Waals surface area contributed by atoms with E-state index in [0.29, 0.717) is 15.6 Å². The first-order valence-corrected chi connectivity index (χ1v) is 13.4. The van der Waals surface area contributed by atoms with Gasteiger partial charge in [-0.25, -0.2) is 8.42 Å². The maximum absolute atomic E-state index is 12.8. The molecule has 0 aliphatic carbocycles. The van der Waals surface area contributed by atoms with Crippen LogP contribution in [-0.2, 0) is 16.6 Å². The third kappa shape index (κ3) is 5.55. The minimum absolute atomic E-state index is 0.125. The van der Waals surface area contributed by atoms with Crippen molar-refractivity contribution in [1.29, 1.82) is 0 Å². The molecule has 0 spiro atoms. The van der Waals surface area contributed by atoms with Gasteiger partial charge < -0.3 is 5.32 Å². The minimum Gasteiger partial charge on any atom is -0.345 e. The molecule has 1 heterocycles. The van der Waals surface area contributed by atoms with Gasteiger partial charge in [-0.2, -0.15) is 0 Å². The number of rotatable bonds is 7. The van der Waals surface area contributed by atoms with Gasteiger partial charge in [-0.1, -0.05) is 54.1 Å². The summed E-state index contributed by atoms with van der Waals surface area (Å²) in [7, 11) is -3.53. The Hall–Kier alpha value is -2.87. The smallest absolute Gasteiger partial charge is 0.261 e. The van der Waals surface area contributed by atoms with Crippen LogP contribution in [0.15, 0.2) is 78.9 Å². The van der Waals surface area contributed by atoms with Gasteiger partial charge in [0.1, 0.15) is 0 Å². The van der Waals surface area contributed by atoms with Gasteiger partial charge in [-0.15, -0.1) is 11.3 Å². The zero-order valence-corrected chi connectivity index (χ0v) is 20.5. The van der Waals surface area contributed by atoms with Crippen LogP contribution in [0.2, 0.25) is 5.02 Å². The number of benzene rings is 3. The van der Waals surface area contributed by atoms with E-state index in [2.05, 4.69) is 5.32 Å². The molecule has 0 saturated heterocycles. The fraction of sp³-hybridized carbons (Fsp3) is 0.160. The monoisotopic (exact) mass is 498 g/mol. The van der Waals surface area contributed by atoms with Crippen LogP contribution >= 0.6 is 22.9 Å². The van der Waals surface area contributed by atoms with E-state index in [1.165, 1.54) is 21.9 Å². The number of thiophene rings is 1. The van der Waals surface area contributed by atoms with Gasteiger partial charge in [0.05, 0.1) is 29.4 Å². The summed E-state index contributed by atoms with van der Waals surface area (Å²) in [6.07, 6.45) is 1.19. The maximum atomic E-state index is 12.8. The van der Waals surface area contributed by atoms with Gasteiger partial charge in [-0.05, 0) is 59.8 Å². The lowest BCUT2D eigenvalue weighted by Gasteiger charge is -2.22. The summed E-state index contributed by atoms with van der Waals surface area (Å²) in [6.45, 7) is 2.13. The van der Waals surface area contributed by atoms with Crippen LogP contribution in [0.25, 0.3) is 10.1 Å².